The zero-order valence-corrected chi connectivity index (χ0v) is 51.5. The van der Waals surface area contributed by atoms with Crippen LogP contribution in [0, 0.1) is 32.1 Å². The van der Waals surface area contributed by atoms with Gasteiger partial charge in [-0.25, -0.2) is 0 Å². The molecular formula is C87H58N6. The molecular weight excluding hydrogens is 1130 g/mol. The number of benzene rings is 13. The molecule has 6 nitrogen and oxygen atoms in total. The molecule has 0 unspecified atom stereocenters. The monoisotopic (exact) mass is 1190 g/mol. The lowest BCUT2D eigenvalue weighted by molar-refractivity contribution is 1.18. The Bertz CT molecular complexity index is 6060. The number of nitriles is 1. The van der Waals surface area contributed by atoms with Gasteiger partial charge in [0.05, 0.1) is 49.7 Å². The van der Waals surface area contributed by atoms with Crippen molar-refractivity contribution in [1.29, 1.82) is 5.26 Å². The van der Waals surface area contributed by atoms with Crippen LogP contribution in [0.25, 0.3) is 166 Å². The molecule has 6 heteroatoms. The van der Waals surface area contributed by atoms with E-state index in [-0.39, 0.29) is 0 Å². The van der Waals surface area contributed by atoms with Crippen LogP contribution in [0.2, 0.25) is 0 Å². The van der Waals surface area contributed by atoms with Crippen LogP contribution in [0.3, 0.4) is 0 Å². The lowest BCUT2D eigenvalue weighted by Gasteiger charge is -2.26. The molecule has 0 N–H and O–H groups in total. The maximum absolute atomic E-state index is 12.4. The second-order valence-electron chi connectivity index (χ2n) is 24.8. The van der Waals surface area contributed by atoms with Gasteiger partial charge in [-0.3, -0.25) is 4.98 Å². The molecule has 0 aliphatic rings. The van der Waals surface area contributed by atoms with E-state index in [9.17, 15) is 5.26 Å². The smallest absolute Gasteiger partial charge is 0.100 e. The van der Waals surface area contributed by atoms with Gasteiger partial charge in [-0.15, -0.1) is 0 Å². The number of rotatable bonds is 9. The summed E-state index contributed by atoms with van der Waals surface area (Å²) >= 11 is 0. The Labute approximate surface area is 537 Å². The minimum Gasteiger partial charge on any atom is -0.309 e. The molecule has 18 rings (SSSR count). The number of aryl methyl sites for hydroxylation is 3. The SMILES string of the molecule is Cc1ccc2c(c1)c1ccccc1n2-c1ccc(-c2c(C#N)c(-c3ccncc3)c(-c3ccc(-n4c5ccccc5c5cc(C)ccc54)cc3)c(-c3ccc(-n4c5ccccc5c5cc(C)ccc54)cc3)c2-c2ccc(-n3c4ccccc4c4ccccc43)cc2)cc1. The Hall–Kier alpha value is -12.3. The van der Waals surface area contributed by atoms with E-state index in [1.165, 1.54) is 59.8 Å². The molecule has 13 aromatic carbocycles. The number of fused-ring (bicyclic) bond motifs is 12. The summed E-state index contributed by atoms with van der Waals surface area (Å²) in [4.78, 5) is 4.59. The molecule has 436 valence electrons. The molecule has 0 fully saturated rings. The molecule has 5 heterocycles. The number of nitrogens with zero attached hydrogens (tertiary/aromatic N) is 6. The molecule has 0 radical (unpaired) electrons. The maximum Gasteiger partial charge on any atom is 0.100 e. The van der Waals surface area contributed by atoms with Crippen LogP contribution in [0.4, 0.5) is 0 Å². The summed E-state index contributed by atoms with van der Waals surface area (Å²) in [5.41, 5.74) is 26.9. The van der Waals surface area contributed by atoms with E-state index < -0.39 is 0 Å². The minimum absolute atomic E-state index is 0.570. The summed E-state index contributed by atoms with van der Waals surface area (Å²) in [7, 11) is 0. The van der Waals surface area contributed by atoms with E-state index in [1.54, 1.807) is 0 Å². The number of hydrogen-bond donors (Lipinski definition) is 0. The first kappa shape index (κ1) is 53.7. The van der Waals surface area contributed by atoms with Crippen molar-refractivity contribution < 1.29 is 0 Å². The van der Waals surface area contributed by atoms with Crippen molar-refractivity contribution in [2.24, 2.45) is 0 Å². The highest BCUT2D eigenvalue weighted by Gasteiger charge is 2.30. The van der Waals surface area contributed by atoms with Crippen LogP contribution < -0.4 is 0 Å². The van der Waals surface area contributed by atoms with Crippen molar-refractivity contribution in [1.82, 2.24) is 23.3 Å². The summed E-state index contributed by atoms with van der Waals surface area (Å²) in [6.45, 7) is 6.49. The molecule has 5 aromatic heterocycles. The summed E-state index contributed by atoms with van der Waals surface area (Å²) in [5.74, 6) is 0. The van der Waals surface area contributed by atoms with E-state index in [4.69, 9.17) is 0 Å². The van der Waals surface area contributed by atoms with Crippen LogP contribution in [0.5, 0.6) is 0 Å². The van der Waals surface area contributed by atoms with Gasteiger partial charge in [0.25, 0.3) is 0 Å². The summed E-state index contributed by atoms with van der Waals surface area (Å²) in [6.07, 6.45) is 3.69. The van der Waals surface area contributed by atoms with E-state index in [2.05, 4.69) is 335 Å². The van der Waals surface area contributed by atoms with E-state index in [0.717, 1.165) is 123 Å². The molecule has 0 atom stereocenters. The quantitative estimate of drug-likeness (QED) is 0.145. The topological polar surface area (TPSA) is 56.4 Å². The number of para-hydroxylation sites is 5. The van der Waals surface area contributed by atoms with Crippen LogP contribution in [-0.4, -0.2) is 23.3 Å². The summed E-state index contributed by atoms with van der Waals surface area (Å²) in [5, 5.41) is 22.1. The van der Waals surface area contributed by atoms with Gasteiger partial charge in [0, 0.05) is 89.4 Å². The summed E-state index contributed by atoms with van der Waals surface area (Å²) in [6, 6.07) is 107. The zero-order chi connectivity index (χ0) is 62.0. The van der Waals surface area contributed by atoms with Gasteiger partial charge in [-0.05, 0) is 193 Å². The van der Waals surface area contributed by atoms with Crippen LogP contribution >= 0.6 is 0 Å². The lowest BCUT2D eigenvalue weighted by Crippen LogP contribution is -2.03. The maximum atomic E-state index is 12.4. The Morgan fingerprint density at radius 2 is 0.484 bits per heavy atom. The van der Waals surface area contributed by atoms with Gasteiger partial charge in [0.15, 0.2) is 0 Å². The molecule has 18 aromatic rings. The Morgan fingerprint density at radius 1 is 0.247 bits per heavy atom. The van der Waals surface area contributed by atoms with Crippen molar-refractivity contribution >= 4 is 87.2 Å². The molecule has 0 aliphatic heterocycles. The fourth-order valence-electron chi connectivity index (χ4n) is 15.2. The lowest BCUT2D eigenvalue weighted by atomic mass is 9.76. The summed E-state index contributed by atoms with van der Waals surface area (Å²) < 4.78 is 9.52. The predicted molar refractivity (Wildman–Crippen MR) is 388 cm³/mol. The second kappa shape index (κ2) is 21.2. The van der Waals surface area contributed by atoms with Gasteiger partial charge >= 0.3 is 0 Å². The van der Waals surface area contributed by atoms with Crippen molar-refractivity contribution in [2.75, 3.05) is 0 Å². The highest BCUT2D eigenvalue weighted by atomic mass is 15.0. The largest absolute Gasteiger partial charge is 0.309 e. The first-order valence-electron chi connectivity index (χ1n) is 31.8. The van der Waals surface area contributed by atoms with Gasteiger partial charge in [-0.1, -0.05) is 174 Å². The second-order valence-corrected chi connectivity index (χ2v) is 24.8. The van der Waals surface area contributed by atoms with E-state index >= 15 is 0 Å². The van der Waals surface area contributed by atoms with Crippen LogP contribution in [-0.2, 0) is 0 Å². The van der Waals surface area contributed by atoms with Gasteiger partial charge in [0.2, 0.25) is 0 Å². The number of pyridine rings is 1. The molecule has 0 amide bonds. The molecule has 93 heavy (non-hydrogen) atoms. The average Bonchev–Trinajstić information content (AvgIpc) is 1.58. The van der Waals surface area contributed by atoms with Crippen molar-refractivity contribution in [3.63, 3.8) is 0 Å². The molecule has 0 spiro atoms. The normalized spacial score (nSPS) is 11.8. The van der Waals surface area contributed by atoms with Crippen LogP contribution in [0.1, 0.15) is 22.3 Å². The average molecular weight is 1190 g/mol. The van der Waals surface area contributed by atoms with Gasteiger partial charge < -0.3 is 18.3 Å². The molecule has 0 bridgehead atoms. The predicted octanol–water partition coefficient (Wildman–Crippen LogP) is 22.6. The van der Waals surface area contributed by atoms with Crippen molar-refractivity contribution in [2.45, 2.75) is 20.8 Å². The molecule has 0 saturated carbocycles. The van der Waals surface area contributed by atoms with Crippen LogP contribution in [0.15, 0.2) is 298 Å². The fourth-order valence-corrected chi connectivity index (χ4v) is 15.2. The number of hydrogen-bond acceptors (Lipinski definition) is 2. The van der Waals surface area contributed by atoms with Crippen molar-refractivity contribution in [3.8, 4) is 84.5 Å². The highest BCUT2D eigenvalue weighted by Crippen LogP contribution is 2.54. The van der Waals surface area contributed by atoms with Crippen molar-refractivity contribution in [3.05, 3.63) is 320 Å². The third-order valence-corrected chi connectivity index (χ3v) is 19.3. The Balaban J connectivity index is 0.937. The molecule has 0 saturated heterocycles. The van der Waals surface area contributed by atoms with Gasteiger partial charge in [0.1, 0.15) is 6.07 Å². The first-order chi connectivity index (χ1) is 45.8. The highest BCUT2D eigenvalue weighted by molar-refractivity contribution is 6.15. The third-order valence-electron chi connectivity index (χ3n) is 19.3. The Kier molecular flexibility index (Phi) is 12.2. The van der Waals surface area contributed by atoms with E-state index in [0.29, 0.717) is 5.56 Å². The minimum atomic E-state index is 0.570. The van der Waals surface area contributed by atoms with Gasteiger partial charge in [-0.2, -0.15) is 5.26 Å². The first-order valence-corrected chi connectivity index (χ1v) is 31.8. The zero-order valence-electron chi connectivity index (χ0n) is 51.5. The fraction of sp³-hybridized carbons (Fsp3) is 0.0345. The Morgan fingerprint density at radius 3 is 0.774 bits per heavy atom. The van der Waals surface area contributed by atoms with E-state index in [1.807, 2.05) is 12.4 Å². The molecule has 0 aliphatic carbocycles. The third kappa shape index (κ3) is 8.37. The number of aromatic nitrogens is 5. The standard InChI is InChI=1S/C87H58N6/c1-54-24-43-80-71(50-54)68-16-6-11-21-77(68)91(80)63-35-27-57(28-36-63)83-74(53-88)84(61-46-48-89-49-47-61)86(59-31-39-64(40-32-59)92-78-22-12-7-17-69(78)72-51-55(2)25-44-81(72)92)87(60-33-41-65(42-34-60)93-79-23-13-8-18-70(79)73-52-56(3)26-45-82(73)93)85(83)58-29-37-62(38-30-58)90-75-19-9-4-14-66(75)67-15-5-10-20-76(67)90/h4-52H,1-3H3.